The molecule has 7 nitrogen and oxygen atoms in total. The van der Waals surface area contributed by atoms with Gasteiger partial charge in [0.15, 0.2) is 6.10 Å². The minimum atomic E-state index is -3.73. The minimum absolute atomic E-state index is 0.0244. The standard InChI is InChI=1S/C15H19ClN2O5S/c1-5-8-17-14(19)10(2)23-15(20)12-9-11(6-7-13(12)16)24(21,22)18(3)4/h5-7,9-10H,1,8H2,2-4H3,(H,17,19)/t10-/m1/s1. The number of carbonyl (C=O) groups excluding carboxylic acids is 2. The molecule has 1 aromatic carbocycles. The van der Waals surface area contributed by atoms with Crippen molar-refractivity contribution in [2.45, 2.75) is 17.9 Å². The Bertz CT molecular complexity index is 746. The summed E-state index contributed by atoms with van der Waals surface area (Å²) >= 11 is 5.94. The fraction of sp³-hybridized carbons (Fsp3) is 0.333. The molecule has 0 aliphatic carbocycles. The molecule has 0 aliphatic heterocycles. The molecule has 1 rings (SSSR count). The number of esters is 1. The number of benzene rings is 1. The van der Waals surface area contributed by atoms with Crippen LogP contribution in [-0.2, 0) is 19.6 Å². The number of rotatable bonds is 7. The summed E-state index contributed by atoms with van der Waals surface area (Å²) in [6, 6.07) is 3.69. The molecule has 0 aromatic heterocycles. The first kappa shape index (κ1) is 20.1. The molecule has 132 valence electrons. The number of sulfonamides is 1. The highest BCUT2D eigenvalue weighted by Crippen LogP contribution is 2.23. The molecular formula is C15H19ClN2O5S. The van der Waals surface area contributed by atoms with Crippen LogP contribution in [0, 0.1) is 0 Å². The first-order chi connectivity index (χ1) is 11.1. The van der Waals surface area contributed by atoms with Gasteiger partial charge in [0.2, 0.25) is 10.0 Å². The van der Waals surface area contributed by atoms with Crippen LogP contribution < -0.4 is 5.32 Å². The highest BCUT2D eigenvalue weighted by molar-refractivity contribution is 7.89. The van der Waals surface area contributed by atoms with Crippen LogP contribution in [0.15, 0.2) is 35.7 Å². The zero-order valence-corrected chi connectivity index (χ0v) is 15.1. The molecular weight excluding hydrogens is 356 g/mol. The van der Waals surface area contributed by atoms with Crippen molar-refractivity contribution in [3.05, 3.63) is 41.4 Å². The van der Waals surface area contributed by atoms with Crippen LogP contribution in [0.3, 0.4) is 0 Å². The van der Waals surface area contributed by atoms with Crippen molar-refractivity contribution < 1.29 is 22.7 Å². The number of ether oxygens (including phenoxy) is 1. The van der Waals surface area contributed by atoms with Gasteiger partial charge in [0.1, 0.15) is 0 Å². The van der Waals surface area contributed by atoms with Gasteiger partial charge in [-0.1, -0.05) is 17.7 Å². The average Bonchev–Trinajstić information content (AvgIpc) is 2.52. The number of nitrogens with one attached hydrogen (secondary N) is 1. The highest BCUT2D eigenvalue weighted by Gasteiger charge is 2.24. The lowest BCUT2D eigenvalue weighted by atomic mass is 10.2. The van der Waals surface area contributed by atoms with E-state index in [1.807, 2.05) is 0 Å². The van der Waals surface area contributed by atoms with Crippen LogP contribution >= 0.6 is 11.6 Å². The molecule has 0 radical (unpaired) electrons. The van der Waals surface area contributed by atoms with Gasteiger partial charge in [-0.2, -0.15) is 0 Å². The summed E-state index contributed by atoms with van der Waals surface area (Å²) in [5.74, 6) is -1.39. The normalized spacial score (nSPS) is 12.5. The van der Waals surface area contributed by atoms with Crippen molar-refractivity contribution in [1.29, 1.82) is 0 Å². The molecule has 9 heteroatoms. The summed E-state index contributed by atoms with van der Waals surface area (Å²) in [7, 11) is -0.992. The van der Waals surface area contributed by atoms with Crippen molar-refractivity contribution in [3.63, 3.8) is 0 Å². The van der Waals surface area contributed by atoms with Gasteiger partial charge in [0.05, 0.1) is 15.5 Å². The SMILES string of the molecule is C=CCNC(=O)[C@@H](C)OC(=O)c1cc(S(=O)(=O)N(C)C)ccc1Cl. The molecule has 0 saturated heterocycles. The number of hydrogen-bond donors (Lipinski definition) is 1. The molecule has 0 fully saturated rings. The lowest BCUT2D eigenvalue weighted by Gasteiger charge is -2.15. The minimum Gasteiger partial charge on any atom is -0.449 e. The number of halogens is 1. The molecule has 1 atom stereocenters. The molecule has 0 spiro atoms. The van der Waals surface area contributed by atoms with Gasteiger partial charge in [-0.3, -0.25) is 4.79 Å². The highest BCUT2D eigenvalue weighted by atomic mass is 35.5. The van der Waals surface area contributed by atoms with Crippen molar-refractivity contribution in [2.24, 2.45) is 0 Å². The summed E-state index contributed by atoms with van der Waals surface area (Å²) in [6.45, 7) is 5.09. The van der Waals surface area contributed by atoms with Crippen LogP contribution in [0.5, 0.6) is 0 Å². The van der Waals surface area contributed by atoms with Crippen molar-refractivity contribution in [3.8, 4) is 0 Å². The van der Waals surface area contributed by atoms with E-state index in [0.29, 0.717) is 0 Å². The van der Waals surface area contributed by atoms with Gasteiger partial charge < -0.3 is 10.1 Å². The summed E-state index contributed by atoms with van der Waals surface area (Å²) < 4.78 is 30.3. The summed E-state index contributed by atoms with van der Waals surface area (Å²) in [4.78, 5) is 23.8. The third-order valence-electron chi connectivity index (χ3n) is 3.01. The summed E-state index contributed by atoms with van der Waals surface area (Å²) in [5, 5.41) is 2.51. The predicted molar refractivity (Wildman–Crippen MR) is 90.4 cm³/mol. The lowest BCUT2D eigenvalue weighted by molar-refractivity contribution is -0.128. The Balaban J connectivity index is 3.03. The van der Waals surface area contributed by atoms with Crippen LogP contribution in [0.4, 0.5) is 0 Å². The Labute approximate surface area is 146 Å². The van der Waals surface area contributed by atoms with Crippen molar-refractivity contribution in [1.82, 2.24) is 9.62 Å². The third kappa shape index (κ3) is 4.80. The van der Waals surface area contributed by atoms with Crippen LogP contribution in [0.2, 0.25) is 5.02 Å². The zero-order valence-electron chi connectivity index (χ0n) is 13.6. The van der Waals surface area contributed by atoms with Crippen molar-refractivity contribution >= 4 is 33.5 Å². The van der Waals surface area contributed by atoms with E-state index in [1.54, 1.807) is 0 Å². The molecule has 0 saturated carbocycles. The van der Waals surface area contributed by atoms with Gasteiger partial charge in [0.25, 0.3) is 5.91 Å². The van der Waals surface area contributed by atoms with Crippen molar-refractivity contribution in [2.75, 3.05) is 20.6 Å². The van der Waals surface area contributed by atoms with E-state index in [-0.39, 0.29) is 22.0 Å². The van der Waals surface area contributed by atoms with Gasteiger partial charge in [-0.25, -0.2) is 17.5 Å². The molecule has 0 unspecified atom stereocenters. The zero-order chi connectivity index (χ0) is 18.5. The number of amides is 1. The lowest BCUT2D eigenvalue weighted by Crippen LogP contribution is -2.35. The van der Waals surface area contributed by atoms with E-state index >= 15 is 0 Å². The second-order valence-corrected chi connectivity index (χ2v) is 7.57. The smallest absolute Gasteiger partial charge is 0.340 e. The van der Waals surface area contributed by atoms with E-state index in [0.717, 1.165) is 10.4 Å². The molecule has 0 bridgehead atoms. The third-order valence-corrected chi connectivity index (χ3v) is 5.15. The average molecular weight is 375 g/mol. The van der Waals surface area contributed by atoms with Gasteiger partial charge >= 0.3 is 5.97 Å². The molecule has 0 aliphatic rings. The Morgan fingerprint density at radius 1 is 1.42 bits per heavy atom. The van der Waals surface area contributed by atoms with E-state index in [9.17, 15) is 18.0 Å². The molecule has 1 N–H and O–H groups in total. The molecule has 1 amide bonds. The largest absolute Gasteiger partial charge is 0.449 e. The van der Waals surface area contributed by atoms with Gasteiger partial charge in [0, 0.05) is 20.6 Å². The number of carbonyl (C=O) groups is 2. The Morgan fingerprint density at radius 2 is 2.04 bits per heavy atom. The fourth-order valence-electron chi connectivity index (χ4n) is 1.63. The maximum absolute atomic E-state index is 12.2. The van der Waals surface area contributed by atoms with E-state index in [2.05, 4.69) is 11.9 Å². The van der Waals surface area contributed by atoms with E-state index in [1.165, 1.54) is 39.2 Å². The van der Waals surface area contributed by atoms with Crippen LogP contribution in [0.1, 0.15) is 17.3 Å². The number of nitrogens with zero attached hydrogens (tertiary/aromatic N) is 1. The fourth-order valence-corrected chi connectivity index (χ4v) is 2.75. The second-order valence-electron chi connectivity index (χ2n) is 5.01. The molecule has 24 heavy (non-hydrogen) atoms. The summed E-state index contributed by atoms with van der Waals surface area (Å²) in [5.41, 5.74) is -0.136. The quantitative estimate of drug-likeness (QED) is 0.575. The Kier molecular flexibility index (Phi) is 6.94. The number of hydrogen-bond acceptors (Lipinski definition) is 5. The maximum atomic E-state index is 12.2. The monoisotopic (exact) mass is 374 g/mol. The maximum Gasteiger partial charge on any atom is 0.340 e. The van der Waals surface area contributed by atoms with E-state index in [4.69, 9.17) is 16.3 Å². The molecule has 1 aromatic rings. The van der Waals surface area contributed by atoms with Gasteiger partial charge in [-0.05, 0) is 25.1 Å². The Hall–Kier alpha value is -1.90. The predicted octanol–water partition coefficient (Wildman–Crippen LogP) is 1.44. The first-order valence-corrected chi connectivity index (χ1v) is 8.74. The first-order valence-electron chi connectivity index (χ1n) is 6.93. The molecule has 0 heterocycles. The van der Waals surface area contributed by atoms with Crippen LogP contribution in [0.25, 0.3) is 0 Å². The Morgan fingerprint density at radius 3 is 2.58 bits per heavy atom. The summed E-state index contributed by atoms with van der Waals surface area (Å²) in [6.07, 6.45) is 0.418. The van der Waals surface area contributed by atoms with Crippen LogP contribution in [-0.4, -0.2) is 51.3 Å². The topological polar surface area (TPSA) is 92.8 Å². The second kappa shape index (κ2) is 8.27. The van der Waals surface area contributed by atoms with E-state index < -0.39 is 28.0 Å². The van der Waals surface area contributed by atoms with Gasteiger partial charge in [-0.15, -0.1) is 6.58 Å².